The molecule has 1 fully saturated rings. The Balaban J connectivity index is 2.18. The molecule has 146 valence electrons. The van der Waals surface area contributed by atoms with E-state index in [2.05, 4.69) is 27.4 Å². The summed E-state index contributed by atoms with van der Waals surface area (Å²) in [6.07, 6.45) is 3.43. The van der Waals surface area contributed by atoms with Crippen molar-refractivity contribution >= 4 is 12.1 Å². The average Bonchev–Trinajstić information content (AvgIpc) is 2.56. The fourth-order valence-corrected chi connectivity index (χ4v) is 2.62. The number of piperazine rings is 1. The van der Waals surface area contributed by atoms with Crippen molar-refractivity contribution in [2.75, 3.05) is 52.9 Å². The van der Waals surface area contributed by atoms with Gasteiger partial charge in [0.2, 0.25) is 0 Å². The summed E-state index contributed by atoms with van der Waals surface area (Å²) < 4.78 is 5.43. The summed E-state index contributed by atoms with van der Waals surface area (Å²) in [5, 5.41) is 6.69. The number of hydrogen-bond acceptors (Lipinski definition) is 4. The molecule has 1 amide bonds. The highest BCUT2D eigenvalue weighted by Gasteiger charge is 2.25. The minimum Gasteiger partial charge on any atom is -0.444 e. The summed E-state index contributed by atoms with van der Waals surface area (Å²) >= 11 is 0. The van der Waals surface area contributed by atoms with E-state index in [-0.39, 0.29) is 6.09 Å². The van der Waals surface area contributed by atoms with Crippen LogP contribution in [-0.4, -0.2) is 80.3 Å². The van der Waals surface area contributed by atoms with Gasteiger partial charge in [0.25, 0.3) is 0 Å². The molecule has 1 aliphatic heterocycles. The number of guanidine groups is 1. The Labute approximate surface area is 153 Å². The molecule has 0 atom stereocenters. The van der Waals surface area contributed by atoms with Crippen molar-refractivity contribution in [2.45, 2.75) is 52.6 Å². The number of nitrogens with zero attached hydrogens (tertiary/aromatic N) is 3. The van der Waals surface area contributed by atoms with Gasteiger partial charge in [-0.25, -0.2) is 4.79 Å². The van der Waals surface area contributed by atoms with Gasteiger partial charge in [0.05, 0.1) is 0 Å². The van der Waals surface area contributed by atoms with Gasteiger partial charge in [0.1, 0.15) is 5.60 Å². The zero-order valence-corrected chi connectivity index (χ0v) is 16.7. The Bertz CT molecular complexity index is 412. The lowest BCUT2D eigenvalue weighted by Gasteiger charge is -2.35. The van der Waals surface area contributed by atoms with Crippen LogP contribution in [0.5, 0.6) is 0 Å². The molecule has 0 aliphatic carbocycles. The van der Waals surface area contributed by atoms with E-state index in [1.807, 2.05) is 20.8 Å². The second-order valence-corrected chi connectivity index (χ2v) is 7.44. The average molecular weight is 356 g/mol. The number of carbonyl (C=O) groups is 1. The van der Waals surface area contributed by atoms with Gasteiger partial charge in [0.15, 0.2) is 5.96 Å². The van der Waals surface area contributed by atoms with Crippen molar-refractivity contribution in [1.82, 2.24) is 20.4 Å². The molecule has 0 aromatic rings. The summed E-state index contributed by atoms with van der Waals surface area (Å²) in [4.78, 5) is 20.5. The van der Waals surface area contributed by atoms with Crippen LogP contribution in [0.3, 0.4) is 0 Å². The molecule has 1 heterocycles. The van der Waals surface area contributed by atoms with Crippen LogP contribution in [0.4, 0.5) is 4.79 Å². The largest absolute Gasteiger partial charge is 0.444 e. The van der Waals surface area contributed by atoms with Crippen LogP contribution in [-0.2, 0) is 4.74 Å². The molecule has 1 rings (SSSR count). The van der Waals surface area contributed by atoms with E-state index in [1.165, 1.54) is 19.3 Å². The Morgan fingerprint density at radius 3 is 2.28 bits per heavy atom. The molecule has 7 heteroatoms. The van der Waals surface area contributed by atoms with Gasteiger partial charge in [-0.2, -0.15) is 0 Å². The maximum atomic E-state index is 12.1. The standard InChI is InChI=1S/C18H37N5O2/c1-6-7-8-9-20-16(19-5)21-10-11-22-12-14-23(15-13-22)17(24)25-18(2,3)4/h6-15H2,1-5H3,(H2,19,20,21). The number of nitrogens with one attached hydrogen (secondary N) is 2. The number of unbranched alkanes of at least 4 members (excludes halogenated alkanes) is 2. The van der Waals surface area contributed by atoms with Crippen molar-refractivity contribution in [3.05, 3.63) is 0 Å². The number of aliphatic imine (C=N–C) groups is 1. The smallest absolute Gasteiger partial charge is 0.410 e. The summed E-state index contributed by atoms with van der Waals surface area (Å²) in [5.74, 6) is 0.864. The van der Waals surface area contributed by atoms with Crippen LogP contribution in [0, 0.1) is 0 Å². The van der Waals surface area contributed by atoms with E-state index in [9.17, 15) is 4.79 Å². The molecule has 1 saturated heterocycles. The van der Waals surface area contributed by atoms with Gasteiger partial charge < -0.3 is 20.3 Å². The molecular formula is C18H37N5O2. The Kier molecular flexibility index (Phi) is 9.63. The molecule has 0 spiro atoms. The van der Waals surface area contributed by atoms with E-state index >= 15 is 0 Å². The highest BCUT2D eigenvalue weighted by atomic mass is 16.6. The zero-order chi connectivity index (χ0) is 18.7. The highest BCUT2D eigenvalue weighted by Crippen LogP contribution is 2.11. The van der Waals surface area contributed by atoms with E-state index < -0.39 is 5.60 Å². The number of ether oxygens (including phenoxy) is 1. The summed E-state index contributed by atoms with van der Waals surface area (Å²) in [6, 6.07) is 0. The number of amides is 1. The predicted molar refractivity (Wildman–Crippen MR) is 103 cm³/mol. The molecule has 1 aliphatic rings. The number of hydrogen-bond donors (Lipinski definition) is 2. The van der Waals surface area contributed by atoms with E-state index in [4.69, 9.17) is 4.74 Å². The fourth-order valence-electron chi connectivity index (χ4n) is 2.62. The van der Waals surface area contributed by atoms with Crippen LogP contribution in [0.1, 0.15) is 47.0 Å². The third-order valence-corrected chi connectivity index (χ3v) is 4.04. The van der Waals surface area contributed by atoms with Crippen molar-refractivity contribution < 1.29 is 9.53 Å². The maximum Gasteiger partial charge on any atom is 0.410 e. The predicted octanol–water partition coefficient (Wildman–Crippen LogP) is 1.89. The molecule has 25 heavy (non-hydrogen) atoms. The summed E-state index contributed by atoms with van der Waals surface area (Å²) in [5.41, 5.74) is -0.432. The molecule has 0 aromatic heterocycles. The Morgan fingerprint density at radius 1 is 1.08 bits per heavy atom. The van der Waals surface area contributed by atoms with Gasteiger partial charge in [-0.1, -0.05) is 19.8 Å². The van der Waals surface area contributed by atoms with Crippen LogP contribution in [0.25, 0.3) is 0 Å². The number of rotatable bonds is 7. The molecule has 0 unspecified atom stereocenters. The van der Waals surface area contributed by atoms with E-state index in [0.717, 1.165) is 51.8 Å². The zero-order valence-electron chi connectivity index (χ0n) is 16.7. The topological polar surface area (TPSA) is 69.2 Å². The molecule has 0 radical (unpaired) electrons. The van der Waals surface area contributed by atoms with Crippen molar-refractivity contribution in [3.8, 4) is 0 Å². The highest BCUT2D eigenvalue weighted by molar-refractivity contribution is 5.79. The molecule has 0 bridgehead atoms. The SMILES string of the molecule is CCCCCNC(=NC)NCCN1CCN(C(=O)OC(C)(C)C)CC1. The van der Waals surface area contributed by atoms with Crippen molar-refractivity contribution in [3.63, 3.8) is 0 Å². The van der Waals surface area contributed by atoms with Gasteiger partial charge in [0, 0.05) is 52.9 Å². The molecule has 2 N–H and O–H groups in total. The normalized spacial score (nSPS) is 16.7. The van der Waals surface area contributed by atoms with Crippen molar-refractivity contribution in [2.24, 2.45) is 4.99 Å². The Hall–Kier alpha value is -1.50. The van der Waals surface area contributed by atoms with Gasteiger partial charge in [-0.3, -0.25) is 9.89 Å². The summed E-state index contributed by atoms with van der Waals surface area (Å²) in [6.45, 7) is 13.8. The van der Waals surface area contributed by atoms with E-state index in [1.54, 1.807) is 11.9 Å². The van der Waals surface area contributed by atoms with Gasteiger partial charge in [-0.15, -0.1) is 0 Å². The first-order valence-electron chi connectivity index (χ1n) is 9.50. The first kappa shape index (κ1) is 21.5. The third-order valence-electron chi connectivity index (χ3n) is 4.04. The second kappa shape index (κ2) is 11.2. The Morgan fingerprint density at radius 2 is 1.72 bits per heavy atom. The number of carbonyl (C=O) groups excluding carboxylic acids is 1. The van der Waals surface area contributed by atoms with Crippen LogP contribution < -0.4 is 10.6 Å². The van der Waals surface area contributed by atoms with Crippen molar-refractivity contribution in [1.29, 1.82) is 0 Å². The lowest BCUT2D eigenvalue weighted by atomic mass is 10.2. The van der Waals surface area contributed by atoms with Crippen LogP contribution in [0.2, 0.25) is 0 Å². The monoisotopic (exact) mass is 355 g/mol. The fraction of sp³-hybridized carbons (Fsp3) is 0.889. The summed E-state index contributed by atoms with van der Waals surface area (Å²) in [7, 11) is 1.80. The molecular weight excluding hydrogens is 318 g/mol. The maximum absolute atomic E-state index is 12.1. The first-order valence-corrected chi connectivity index (χ1v) is 9.50. The lowest BCUT2D eigenvalue weighted by Crippen LogP contribution is -2.51. The first-order chi connectivity index (χ1) is 11.9. The van der Waals surface area contributed by atoms with E-state index in [0.29, 0.717) is 0 Å². The minimum absolute atomic E-state index is 0.207. The third kappa shape index (κ3) is 9.53. The van der Waals surface area contributed by atoms with Gasteiger partial charge >= 0.3 is 6.09 Å². The minimum atomic E-state index is -0.432. The van der Waals surface area contributed by atoms with Crippen LogP contribution in [0.15, 0.2) is 4.99 Å². The lowest BCUT2D eigenvalue weighted by molar-refractivity contribution is 0.0147. The van der Waals surface area contributed by atoms with Crippen LogP contribution >= 0.6 is 0 Å². The molecule has 0 saturated carbocycles. The van der Waals surface area contributed by atoms with Gasteiger partial charge in [-0.05, 0) is 27.2 Å². The molecule has 7 nitrogen and oxygen atoms in total. The quantitative estimate of drug-likeness (QED) is 0.415. The molecule has 0 aromatic carbocycles. The second-order valence-electron chi connectivity index (χ2n) is 7.44.